The Labute approximate surface area is 132 Å². The number of methoxy groups -OCH3 is 2. The van der Waals surface area contributed by atoms with E-state index >= 15 is 0 Å². The van der Waals surface area contributed by atoms with Gasteiger partial charge in [-0.15, -0.1) is 0 Å². The summed E-state index contributed by atoms with van der Waals surface area (Å²) in [5, 5.41) is 0. The highest BCUT2D eigenvalue weighted by Crippen LogP contribution is 2.30. The average molecular weight is 329 g/mol. The van der Waals surface area contributed by atoms with Gasteiger partial charge in [0.2, 0.25) is 10.0 Å². The normalized spacial score (nSPS) is 18.8. The molecule has 1 aliphatic heterocycles. The van der Waals surface area contributed by atoms with Crippen LogP contribution >= 0.6 is 0 Å². The molecule has 1 heterocycles. The minimum absolute atomic E-state index is 0.162. The highest BCUT2D eigenvalue weighted by atomic mass is 32.2. The molecule has 0 amide bonds. The van der Waals surface area contributed by atoms with Crippen LogP contribution in [0.5, 0.6) is 5.75 Å². The molecule has 0 radical (unpaired) electrons. The molecule has 0 N–H and O–H groups in total. The van der Waals surface area contributed by atoms with Gasteiger partial charge in [0.15, 0.2) is 0 Å². The molecule has 0 saturated carbocycles. The third kappa shape index (κ3) is 3.60. The van der Waals surface area contributed by atoms with E-state index in [9.17, 15) is 8.42 Å². The Morgan fingerprint density at radius 3 is 2.73 bits per heavy atom. The van der Waals surface area contributed by atoms with E-state index in [1.54, 1.807) is 19.2 Å². The molecule has 0 aliphatic carbocycles. The number of sulfonamides is 1. The predicted octanol–water partition coefficient (Wildman–Crippen LogP) is 1.43. The summed E-state index contributed by atoms with van der Waals surface area (Å²) in [6.07, 6.45) is 0.692. The lowest BCUT2D eigenvalue weighted by Gasteiger charge is -2.27. The second-order valence-electron chi connectivity index (χ2n) is 5.28. The monoisotopic (exact) mass is 329 g/mol. The first-order valence-electron chi connectivity index (χ1n) is 7.24. The van der Waals surface area contributed by atoms with Crippen molar-refractivity contribution in [1.82, 2.24) is 4.31 Å². The number of nitrogens with zero attached hydrogens (tertiary/aromatic N) is 1. The maximum atomic E-state index is 13.1. The van der Waals surface area contributed by atoms with E-state index in [-0.39, 0.29) is 10.9 Å². The molecule has 6 nitrogen and oxygen atoms in total. The van der Waals surface area contributed by atoms with E-state index < -0.39 is 10.0 Å². The number of rotatable bonds is 7. The molecule has 124 valence electrons. The lowest BCUT2D eigenvalue weighted by atomic mass is 10.2. The average Bonchev–Trinajstić information content (AvgIpc) is 3.01. The summed E-state index contributed by atoms with van der Waals surface area (Å²) in [6, 6.07) is 4.99. The third-order valence-electron chi connectivity index (χ3n) is 3.73. The number of aryl methyl sites for hydroxylation is 1. The molecule has 0 aromatic heterocycles. The summed E-state index contributed by atoms with van der Waals surface area (Å²) in [5.41, 5.74) is 0.869. The zero-order valence-electron chi connectivity index (χ0n) is 13.2. The molecule has 0 bridgehead atoms. The van der Waals surface area contributed by atoms with Gasteiger partial charge in [0.1, 0.15) is 10.6 Å². The molecular weight excluding hydrogens is 306 g/mol. The topological polar surface area (TPSA) is 65.1 Å². The minimum Gasteiger partial charge on any atom is -0.495 e. The van der Waals surface area contributed by atoms with Crippen LogP contribution in [0.15, 0.2) is 23.1 Å². The van der Waals surface area contributed by atoms with Gasteiger partial charge >= 0.3 is 0 Å². The van der Waals surface area contributed by atoms with Crippen molar-refractivity contribution in [3.63, 3.8) is 0 Å². The maximum absolute atomic E-state index is 13.1. The van der Waals surface area contributed by atoms with Crippen molar-refractivity contribution in [2.75, 3.05) is 40.6 Å². The number of hydrogen-bond acceptors (Lipinski definition) is 5. The fourth-order valence-corrected chi connectivity index (χ4v) is 4.41. The molecule has 1 aromatic rings. The third-order valence-corrected chi connectivity index (χ3v) is 5.71. The largest absolute Gasteiger partial charge is 0.495 e. The van der Waals surface area contributed by atoms with Crippen LogP contribution in [-0.4, -0.2) is 59.3 Å². The van der Waals surface area contributed by atoms with Gasteiger partial charge in [0.25, 0.3) is 0 Å². The molecule has 1 atom stereocenters. The molecule has 1 saturated heterocycles. The summed E-state index contributed by atoms with van der Waals surface area (Å²) in [4.78, 5) is 0.193. The van der Waals surface area contributed by atoms with Crippen LogP contribution in [0.3, 0.4) is 0 Å². The Morgan fingerprint density at radius 1 is 1.36 bits per heavy atom. The van der Waals surface area contributed by atoms with Crippen LogP contribution < -0.4 is 4.74 Å². The lowest BCUT2D eigenvalue weighted by molar-refractivity contribution is 0.148. The van der Waals surface area contributed by atoms with Crippen molar-refractivity contribution in [2.45, 2.75) is 24.3 Å². The van der Waals surface area contributed by atoms with Crippen molar-refractivity contribution in [3.8, 4) is 5.75 Å². The molecular formula is C15H23NO5S. The Balaban J connectivity index is 2.41. The van der Waals surface area contributed by atoms with Crippen molar-refractivity contribution >= 4 is 10.0 Å². The SMILES string of the molecule is COCCN(C1CCOC1)S(=O)(=O)c1cc(C)ccc1OC. The summed E-state index contributed by atoms with van der Waals surface area (Å²) in [6.45, 7) is 3.48. The summed E-state index contributed by atoms with van der Waals surface area (Å²) >= 11 is 0. The Kier molecular flexibility index (Phi) is 5.80. The quantitative estimate of drug-likeness (QED) is 0.757. The van der Waals surface area contributed by atoms with Crippen LogP contribution in [0, 0.1) is 6.92 Å². The Morgan fingerprint density at radius 2 is 2.14 bits per heavy atom. The van der Waals surface area contributed by atoms with Gasteiger partial charge in [-0.3, -0.25) is 0 Å². The molecule has 0 spiro atoms. The first-order chi connectivity index (χ1) is 10.5. The van der Waals surface area contributed by atoms with E-state index in [0.29, 0.717) is 38.5 Å². The van der Waals surface area contributed by atoms with Crippen LogP contribution in [0.25, 0.3) is 0 Å². The second kappa shape index (κ2) is 7.41. The van der Waals surface area contributed by atoms with Gasteiger partial charge in [0, 0.05) is 20.3 Å². The van der Waals surface area contributed by atoms with Crippen molar-refractivity contribution < 1.29 is 22.6 Å². The van der Waals surface area contributed by atoms with Crippen molar-refractivity contribution in [1.29, 1.82) is 0 Å². The first-order valence-corrected chi connectivity index (χ1v) is 8.68. The van der Waals surface area contributed by atoms with E-state index in [1.807, 2.05) is 13.0 Å². The maximum Gasteiger partial charge on any atom is 0.247 e. The summed E-state index contributed by atoms with van der Waals surface area (Å²) in [7, 11) is -0.641. The van der Waals surface area contributed by atoms with Crippen molar-refractivity contribution in [3.05, 3.63) is 23.8 Å². The van der Waals surface area contributed by atoms with E-state index in [2.05, 4.69) is 0 Å². The minimum atomic E-state index is -3.67. The van der Waals surface area contributed by atoms with E-state index in [1.165, 1.54) is 11.4 Å². The summed E-state index contributed by atoms with van der Waals surface area (Å²) in [5.74, 6) is 0.354. The second-order valence-corrected chi connectivity index (χ2v) is 7.14. The van der Waals surface area contributed by atoms with Gasteiger partial charge in [0.05, 0.1) is 26.4 Å². The van der Waals surface area contributed by atoms with Gasteiger partial charge in [-0.1, -0.05) is 6.07 Å². The molecule has 1 unspecified atom stereocenters. The number of hydrogen-bond donors (Lipinski definition) is 0. The molecule has 2 rings (SSSR count). The van der Waals surface area contributed by atoms with Crippen LogP contribution in [0.4, 0.5) is 0 Å². The zero-order chi connectivity index (χ0) is 16.2. The van der Waals surface area contributed by atoms with Crippen molar-refractivity contribution in [2.24, 2.45) is 0 Å². The Bertz CT molecular complexity index is 596. The van der Waals surface area contributed by atoms with Gasteiger partial charge in [-0.25, -0.2) is 8.42 Å². The van der Waals surface area contributed by atoms with Gasteiger partial charge in [-0.2, -0.15) is 4.31 Å². The van der Waals surface area contributed by atoms with E-state index in [4.69, 9.17) is 14.2 Å². The highest BCUT2D eigenvalue weighted by molar-refractivity contribution is 7.89. The molecule has 1 fully saturated rings. The molecule has 7 heteroatoms. The van der Waals surface area contributed by atoms with E-state index in [0.717, 1.165) is 5.56 Å². The Hall–Kier alpha value is -1.15. The smallest absolute Gasteiger partial charge is 0.247 e. The molecule has 1 aliphatic rings. The molecule has 1 aromatic carbocycles. The molecule has 22 heavy (non-hydrogen) atoms. The standard InChI is InChI=1S/C15H23NO5S/c1-12-4-5-14(20-3)15(10-12)22(17,18)16(7-9-19-2)13-6-8-21-11-13/h4-5,10,13H,6-9,11H2,1-3H3. The van der Waals surface area contributed by atoms with Crippen LogP contribution in [0.1, 0.15) is 12.0 Å². The highest BCUT2D eigenvalue weighted by Gasteiger charge is 2.35. The predicted molar refractivity (Wildman–Crippen MR) is 82.7 cm³/mol. The zero-order valence-corrected chi connectivity index (χ0v) is 14.1. The fraction of sp³-hybridized carbons (Fsp3) is 0.600. The number of ether oxygens (including phenoxy) is 3. The van der Waals surface area contributed by atoms with Gasteiger partial charge < -0.3 is 14.2 Å². The van der Waals surface area contributed by atoms with Gasteiger partial charge in [-0.05, 0) is 31.0 Å². The first kappa shape index (κ1) is 17.2. The van der Waals surface area contributed by atoms with Crippen LogP contribution in [-0.2, 0) is 19.5 Å². The lowest BCUT2D eigenvalue weighted by Crippen LogP contribution is -2.42. The summed E-state index contributed by atoms with van der Waals surface area (Å²) < 4.78 is 43.3. The van der Waals surface area contributed by atoms with Crippen LogP contribution in [0.2, 0.25) is 0 Å². The number of benzene rings is 1. The fourth-order valence-electron chi connectivity index (χ4n) is 2.54.